The molecule has 7 heteroatoms. The molecule has 1 aliphatic rings. The number of benzene rings is 2. The van der Waals surface area contributed by atoms with Gasteiger partial charge in [-0.15, -0.1) is 0 Å². The zero-order valence-electron chi connectivity index (χ0n) is 16.3. The molecular weight excluding hydrogens is 386 g/mol. The number of aliphatic hydroxyl groups is 2. The lowest BCUT2D eigenvalue weighted by Gasteiger charge is -2.25. The fourth-order valence-corrected chi connectivity index (χ4v) is 3.37. The molecule has 1 atom stereocenters. The van der Waals surface area contributed by atoms with E-state index in [-0.39, 0.29) is 36.7 Å². The Hall–Kier alpha value is -3.58. The van der Waals surface area contributed by atoms with Gasteiger partial charge in [-0.2, -0.15) is 0 Å². The summed E-state index contributed by atoms with van der Waals surface area (Å²) in [5.41, 5.74) is 0.894. The molecule has 0 unspecified atom stereocenters. The van der Waals surface area contributed by atoms with Gasteiger partial charge in [0, 0.05) is 18.7 Å². The van der Waals surface area contributed by atoms with Crippen molar-refractivity contribution in [2.75, 3.05) is 19.8 Å². The van der Waals surface area contributed by atoms with Gasteiger partial charge in [0.05, 0.1) is 11.6 Å². The molecule has 0 aliphatic carbocycles. The van der Waals surface area contributed by atoms with E-state index in [9.17, 15) is 24.9 Å². The predicted molar refractivity (Wildman–Crippen MR) is 111 cm³/mol. The first kappa shape index (κ1) is 21.1. The molecule has 2 aromatic rings. The predicted octanol–water partition coefficient (Wildman–Crippen LogP) is 2.76. The van der Waals surface area contributed by atoms with Crippen LogP contribution in [0.1, 0.15) is 23.6 Å². The second-order valence-electron chi connectivity index (χ2n) is 6.79. The third kappa shape index (κ3) is 4.21. The maximum Gasteiger partial charge on any atom is 0.295 e. The number of amides is 1. The number of Topliss-reactive ketones (excluding diaryl/α,β-unsaturated/α-hetero) is 1. The van der Waals surface area contributed by atoms with E-state index in [4.69, 9.17) is 4.74 Å². The summed E-state index contributed by atoms with van der Waals surface area (Å²) in [5.74, 6) is -1.22. The van der Waals surface area contributed by atoms with E-state index in [0.29, 0.717) is 23.5 Å². The van der Waals surface area contributed by atoms with Crippen LogP contribution in [0, 0.1) is 0 Å². The molecule has 1 fully saturated rings. The Labute approximate surface area is 174 Å². The Morgan fingerprint density at radius 1 is 1.10 bits per heavy atom. The summed E-state index contributed by atoms with van der Waals surface area (Å²) in [6.07, 6.45) is 1.90. The zero-order valence-corrected chi connectivity index (χ0v) is 16.3. The number of ether oxygens (including phenoxy) is 1. The van der Waals surface area contributed by atoms with E-state index >= 15 is 0 Å². The molecular formula is C23H23NO6. The molecule has 2 aromatic carbocycles. The number of rotatable bonds is 8. The van der Waals surface area contributed by atoms with Crippen molar-refractivity contribution < 1.29 is 29.6 Å². The largest absolute Gasteiger partial charge is 0.508 e. The van der Waals surface area contributed by atoms with E-state index < -0.39 is 17.7 Å². The molecule has 3 rings (SSSR count). The number of carbonyl (C=O) groups is 2. The number of phenols is 1. The van der Waals surface area contributed by atoms with Crippen molar-refractivity contribution >= 4 is 17.4 Å². The monoisotopic (exact) mass is 409 g/mol. The molecule has 1 amide bonds. The summed E-state index contributed by atoms with van der Waals surface area (Å²) >= 11 is 0. The SMILES string of the molecule is C=CCOc1ccc(C(O)=C2C(=O)C(=O)N(CCCO)[C@H]2c2ccc(O)cc2)cc1. The first-order chi connectivity index (χ1) is 14.5. The van der Waals surface area contributed by atoms with Crippen LogP contribution >= 0.6 is 0 Å². The second kappa shape index (κ2) is 9.28. The fourth-order valence-electron chi connectivity index (χ4n) is 3.37. The van der Waals surface area contributed by atoms with Crippen LogP contribution in [0.4, 0.5) is 0 Å². The zero-order chi connectivity index (χ0) is 21.7. The van der Waals surface area contributed by atoms with Gasteiger partial charge >= 0.3 is 0 Å². The topological polar surface area (TPSA) is 107 Å². The van der Waals surface area contributed by atoms with Gasteiger partial charge in [0.15, 0.2) is 0 Å². The van der Waals surface area contributed by atoms with Crippen molar-refractivity contribution in [2.45, 2.75) is 12.5 Å². The molecule has 3 N–H and O–H groups in total. The molecule has 1 aliphatic heterocycles. The minimum atomic E-state index is -0.825. The fraction of sp³-hybridized carbons (Fsp3) is 0.217. The van der Waals surface area contributed by atoms with Gasteiger partial charge in [-0.1, -0.05) is 24.8 Å². The van der Waals surface area contributed by atoms with Gasteiger partial charge in [0.2, 0.25) is 0 Å². The minimum absolute atomic E-state index is 0.0385. The van der Waals surface area contributed by atoms with E-state index in [1.54, 1.807) is 42.5 Å². The average Bonchev–Trinajstić information content (AvgIpc) is 3.01. The Balaban J connectivity index is 2.05. The normalized spacial score (nSPS) is 17.9. The molecule has 0 bridgehead atoms. The third-order valence-corrected chi connectivity index (χ3v) is 4.80. The van der Waals surface area contributed by atoms with Gasteiger partial charge in [0.1, 0.15) is 23.9 Å². The molecule has 0 saturated carbocycles. The lowest BCUT2D eigenvalue weighted by molar-refractivity contribution is -0.140. The summed E-state index contributed by atoms with van der Waals surface area (Å²) in [6, 6.07) is 11.8. The number of phenolic OH excluding ortho intramolecular Hbond substituents is 1. The minimum Gasteiger partial charge on any atom is -0.508 e. The third-order valence-electron chi connectivity index (χ3n) is 4.80. The van der Waals surface area contributed by atoms with E-state index in [1.807, 2.05) is 0 Å². The molecule has 30 heavy (non-hydrogen) atoms. The van der Waals surface area contributed by atoms with Crippen molar-refractivity contribution in [1.82, 2.24) is 4.90 Å². The first-order valence-electron chi connectivity index (χ1n) is 9.50. The number of aromatic hydroxyl groups is 1. The summed E-state index contributed by atoms with van der Waals surface area (Å²) in [7, 11) is 0. The maximum absolute atomic E-state index is 12.8. The van der Waals surface area contributed by atoms with Gasteiger partial charge in [-0.05, 0) is 48.4 Å². The van der Waals surface area contributed by atoms with Crippen molar-refractivity contribution in [3.63, 3.8) is 0 Å². The van der Waals surface area contributed by atoms with E-state index in [1.165, 1.54) is 17.0 Å². The van der Waals surface area contributed by atoms with Crippen LogP contribution in [0.5, 0.6) is 11.5 Å². The average molecular weight is 409 g/mol. The number of likely N-dealkylation sites (tertiary alicyclic amines) is 1. The van der Waals surface area contributed by atoms with E-state index in [2.05, 4.69) is 6.58 Å². The molecule has 1 heterocycles. The molecule has 156 valence electrons. The number of ketones is 1. The lowest BCUT2D eigenvalue weighted by atomic mass is 9.95. The molecule has 0 radical (unpaired) electrons. The highest BCUT2D eigenvalue weighted by Crippen LogP contribution is 2.39. The van der Waals surface area contributed by atoms with Crippen LogP contribution in [-0.4, -0.2) is 51.7 Å². The summed E-state index contributed by atoms with van der Waals surface area (Å²) in [4.78, 5) is 26.8. The van der Waals surface area contributed by atoms with Gasteiger partial charge in [-0.3, -0.25) is 9.59 Å². The highest BCUT2D eigenvalue weighted by atomic mass is 16.5. The van der Waals surface area contributed by atoms with Gasteiger partial charge in [0.25, 0.3) is 11.7 Å². The van der Waals surface area contributed by atoms with Gasteiger partial charge in [-0.25, -0.2) is 0 Å². The number of hydrogen-bond donors (Lipinski definition) is 3. The summed E-state index contributed by atoms with van der Waals surface area (Å²) in [5, 5.41) is 29.7. The maximum atomic E-state index is 12.8. The van der Waals surface area contributed by atoms with Crippen LogP contribution in [0.2, 0.25) is 0 Å². The lowest BCUT2D eigenvalue weighted by Crippen LogP contribution is -2.31. The van der Waals surface area contributed by atoms with Crippen LogP contribution in [-0.2, 0) is 9.59 Å². The molecule has 0 spiro atoms. The van der Waals surface area contributed by atoms with Crippen molar-refractivity contribution in [3.8, 4) is 11.5 Å². The first-order valence-corrected chi connectivity index (χ1v) is 9.50. The second-order valence-corrected chi connectivity index (χ2v) is 6.79. The highest BCUT2D eigenvalue weighted by molar-refractivity contribution is 6.46. The van der Waals surface area contributed by atoms with Crippen LogP contribution in [0.15, 0.2) is 66.8 Å². The van der Waals surface area contributed by atoms with Crippen LogP contribution < -0.4 is 4.74 Å². The number of aliphatic hydroxyl groups excluding tert-OH is 2. The quantitative estimate of drug-likeness (QED) is 0.268. The number of carbonyl (C=O) groups excluding carboxylic acids is 2. The van der Waals surface area contributed by atoms with Gasteiger partial charge < -0.3 is 25.0 Å². The molecule has 0 aromatic heterocycles. The van der Waals surface area contributed by atoms with E-state index in [0.717, 1.165) is 0 Å². The Morgan fingerprint density at radius 2 is 1.77 bits per heavy atom. The summed E-state index contributed by atoms with van der Waals surface area (Å²) < 4.78 is 5.42. The number of hydrogen-bond acceptors (Lipinski definition) is 6. The smallest absolute Gasteiger partial charge is 0.295 e. The number of nitrogens with zero attached hydrogens (tertiary/aromatic N) is 1. The van der Waals surface area contributed by atoms with Crippen LogP contribution in [0.25, 0.3) is 5.76 Å². The summed E-state index contributed by atoms with van der Waals surface area (Å²) in [6.45, 7) is 3.93. The Bertz CT molecular complexity index is 962. The Kier molecular flexibility index (Phi) is 6.54. The Morgan fingerprint density at radius 3 is 2.37 bits per heavy atom. The van der Waals surface area contributed by atoms with Crippen molar-refractivity contribution in [1.29, 1.82) is 0 Å². The highest BCUT2D eigenvalue weighted by Gasteiger charge is 2.45. The van der Waals surface area contributed by atoms with Crippen molar-refractivity contribution in [2.24, 2.45) is 0 Å². The van der Waals surface area contributed by atoms with Crippen molar-refractivity contribution in [3.05, 3.63) is 77.9 Å². The van der Waals surface area contributed by atoms with Crippen LogP contribution in [0.3, 0.4) is 0 Å². The molecule has 1 saturated heterocycles. The molecule has 7 nitrogen and oxygen atoms in total. The standard InChI is InChI=1S/C23H23NO6/c1-2-14-30-18-10-6-16(7-11-18)21(27)19-20(15-4-8-17(26)9-5-15)24(12-3-13-25)23(29)22(19)28/h2,4-11,20,25-27H,1,3,12-14H2/t20-/m0/s1.